The second kappa shape index (κ2) is 16.5. The summed E-state index contributed by atoms with van der Waals surface area (Å²) in [5, 5.41) is 38.2. The van der Waals surface area contributed by atoms with Crippen LogP contribution in [0.5, 0.6) is 0 Å². The second-order valence-electron chi connectivity index (χ2n) is 15.5. The third kappa shape index (κ3) is 6.51. The van der Waals surface area contributed by atoms with Gasteiger partial charge in [0.05, 0.1) is 11.4 Å². The summed E-state index contributed by atoms with van der Waals surface area (Å²) in [6, 6.07) is 28.9. The van der Waals surface area contributed by atoms with E-state index in [4.69, 9.17) is 11.5 Å². The second-order valence-corrected chi connectivity index (χ2v) is 15.5. The summed E-state index contributed by atoms with van der Waals surface area (Å²) in [5.74, 6) is -1.52. The van der Waals surface area contributed by atoms with Crippen molar-refractivity contribution in [2.45, 2.75) is 103 Å². The van der Waals surface area contributed by atoms with Gasteiger partial charge in [0.15, 0.2) is 0 Å². The van der Waals surface area contributed by atoms with Crippen molar-refractivity contribution < 1.29 is 10.2 Å². The monoisotopic (exact) mass is 722 g/mol. The van der Waals surface area contributed by atoms with Gasteiger partial charge in [-0.25, -0.2) is 0 Å². The molecule has 2 atom stereocenters. The largest absolute Gasteiger partial charge is 0.851 e. The van der Waals surface area contributed by atoms with Crippen LogP contribution in [0.2, 0.25) is 0 Å². The van der Waals surface area contributed by atoms with Crippen molar-refractivity contribution in [1.29, 1.82) is 0 Å². The maximum Gasteiger partial charge on any atom is 0.0527 e. The number of nitrogens with two attached hydrogens (primary N) is 2. The molecule has 0 saturated heterocycles. The number of fused-ring (bicyclic) bond motifs is 4. The van der Waals surface area contributed by atoms with Crippen molar-refractivity contribution in [3.8, 4) is 0 Å². The first-order valence-electron chi connectivity index (χ1n) is 20.6. The van der Waals surface area contributed by atoms with E-state index in [0.29, 0.717) is 11.4 Å². The smallest absolute Gasteiger partial charge is 0.0527 e. The van der Waals surface area contributed by atoms with Crippen LogP contribution in [-0.4, -0.2) is 38.4 Å². The van der Waals surface area contributed by atoms with Crippen LogP contribution < -0.4 is 31.5 Å². The van der Waals surface area contributed by atoms with Gasteiger partial charge in [-0.2, -0.15) is 0 Å². The predicted octanol–water partition coefficient (Wildman–Crippen LogP) is 9.62. The van der Waals surface area contributed by atoms with Crippen molar-refractivity contribution in [3.05, 3.63) is 96.1 Å². The highest BCUT2D eigenvalue weighted by atomic mass is 16.3. The van der Waals surface area contributed by atoms with Gasteiger partial charge in [0, 0.05) is 69.9 Å². The fourth-order valence-corrected chi connectivity index (χ4v) is 9.32. The van der Waals surface area contributed by atoms with Gasteiger partial charge in [-0.05, 0) is 71.6 Å². The molecule has 284 valence electrons. The summed E-state index contributed by atoms with van der Waals surface area (Å²) < 4.78 is 0. The molecule has 54 heavy (non-hydrogen) atoms. The molecule has 0 aliphatic heterocycles. The van der Waals surface area contributed by atoms with Crippen LogP contribution in [0.4, 0.5) is 22.7 Å². The summed E-state index contributed by atoms with van der Waals surface area (Å²) in [4.78, 5) is 5.03. The first-order chi connectivity index (χ1) is 26.4. The van der Waals surface area contributed by atoms with Crippen LogP contribution in [0.15, 0.2) is 84.9 Å². The van der Waals surface area contributed by atoms with Gasteiger partial charge in [-0.15, -0.1) is 12.2 Å². The van der Waals surface area contributed by atoms with Crippen LogP contribution in [-0.2, 0) is 0 Å². The molecule has 0 aromatic heterocycles. The van der Waals surface area contributed by atoms with Crippen molar-refractivity contribution in [2.75, 3.05) is 47.4 Å². The van der Waals surface area contributed by atoms with E-state index in [1.807, 2.05) is 36.4 Å². The molecule has 1 aliphatic rings. The minimum Gasteiger partial charge on any atom is -0.851 e. The van der Waals surface area contributed by atoms with E-state index in [1.54, 1.807) is 0 Å². The number of anilines is 4. The van der Waals surface area contributed by atoms with E-state index in [0.717, 1.165) is 137 Å². The molecule has 0 spiro atoms. The van der Waals surface area contributed by atoms with Crippen molar-refractivity contribution in [2.24, 2.45) is 0 Å². The van der Waals surface area contributed by atoms with E-state index < -0.39 is 24.0 Å². The molecule has 0 heterocycles. The van der Waals surface area contributed by atoms with E-state index in [-0.39, 0.29) is 0 Å². The van der Waals surface area contributed by atoms with Gasteiger partial charge >= 0.3 is 0 Å². The Labute approximate surface area is 321 Å². The van der Waals surface area contributed by atoms with E-state index in [9.17, 15) is 0 Å². The van der Waals surface area contributed by atoms with Gasteiger partial charge in [0.25, 0.3) is 0 Å². The zero-order valence-corrected chi connectivity index (χ0v) is 32.7. The number of hydrogen-bond acceptors (Lipinski definition) is 6. The lowest BCUT2D eigenvalue weighted by Crippen LogP contribution is -2.63. The topological polar surface area (TPSA) is 105 Å². The van der Waals surface area contributed by atoms with Crippen LogP contribution >= 0.6 is 0 Å². The molecule has 2 unspecified atom stereocenters. The maximum atomic E-state index is 15.2. The summed E-state index contributed by atoms with van der Waals surface area (Å²) in [5.41, 5.74) is 19.0. The van der Waals surface area contributed by atoms with Crippen molar-refractivity contribution in [3.63, 3.8) is 0 Å². The zero-order chi connectivity index (χ0) is 37.9. The molecule has 1 aliphatic carbocycles. The van der Waals surface area contributed by atoms with Crippen LogP contribution in [0.25, 0.3) is 43.1 Å². The van der Waals surface area contributed by atoms with Gasteiger partial charge < -0.3 is 31.5 Å². The molecule has 6 heteroatoms. The van der Waals surface area contributed by atoms with Gasteiger partial charge in [0.1, 0.15) is 0 Å². The lowest BCUT2D eigenvalue weighted by molar-refractivity contribution is -0.535. The molecule has 6 aromatic carbocycles. The average Bonchev–Trinajstić information content (AvgIpc) is 3.18. The molecular weight excluding hydrogens is 665 g/mol. The van der Waals surface area contributed by atoms with Crippen LogP contribution in [0.3, 0.4) is 0 Å². The molecule has 7 rings (SSSR count). The number of nitrogen functional groups attached to an aromatic ring is 2. The fourth-order valence-electron chi connectivity index (χ4n) is 9.32. The van der Waals surface area contributed by atoms with Crippen LogP contribution in [0, 0.1) is 0 Å². The Kier molecular flexibility index (Phi) is 11.5. The Hall–Kier alpha value is -4.52. The summed E-state index contributed by atoms with van der Waals surface area (Å²) in [6.07, 6.45) is 6.38. The standard InChI is InChI=1S/C48H58N4O2/c1-5-9-27-51(28-10-6-2)45-33-21-15-13-19-31(33)39(32-20-14-16-22-34(32)45)43-47(53)44(48(43)54)42-40-35(23-17-25-37(40)49)46(36-24-18-26-38(50)41(36)42)52(29-11-7-3)30-12-8-4/h13-26,43-44,47-48H,5-12,27-30,49-50H2,1-4H3/q-2. The van der Waals surface area contributed by atoms with Gasteiger partial charge in [-0.3, -0.25) is 0 Å². The highest BCUT2D eigenvalue weighted by Gasteiger charge is 2.42. The van der Waals surface area contributed by atoms with E-state index in [1.165, 1.54) is 5.69 Å². The van der Waals surface area contributed by atoms with Crippen molar-refractivity contribution >= 4 is 65.8 Å². The quantitative estimate of drug-likeness (QED) is 0.0762. The SMILES string of the molecule is CCCCN(CCCC)c1c2ccccc2c(C2C([O-])C(c3c4c(N)cccc4c(N(CCCC)CCCC)c4cccc(N)c34)C2[O-])c2ccccc12. The lowest BCUT2D eigenvalue weighted by Gasteiger charge is -2.62. The Morgan fingerprint density at radius 3 is 1.17 bits per heavy atom. The number of unbranched alkanes of at least 4 members (excludes halogenated alkanes) is 4. The highest BCUT2D eigenvalue weighted by molar-refractivity contribution is 6.20. The van der Waals surface area contributed by atoms with E-state index >= 15 is 10.2 Å². The summed E-state index contributed by atoms with van der Waals surface area (Å²) >= 11 is 0. The maximum absolute atomic E-state index is 15.2. The Bertz CT molecular complexity index is 2100. The Morgan fingerprint density at radius 2 is 0.778 bits per heavy atom. The van der Waals surface area contributed by atoms with Crippen LogP contribution in [0.1, 0.15) is 102 Å². The number of benzene rings is 6. The molecule has 4 N–H and O–H groups in total. The normalized spacial score (nSPS) is 18.5. The Balaban J connectivity index is 1.43. The molecule has 0 bridgehead atoms. The molecule has 0 radical (unpaired) electrons. The first-order valence-corrected chi connectivity index (χ1v) is 20.6. The van der Waals surface area contributed by atoms with E-state index in [2.05, 4.69) is 86.0 Å². The lowest BCUT2D eigenvalue weighted by atomic mass is 9.60. The third-order valence-corrected chi connectivity index (χ3v) is 12.0. The molecule has 1 saturated carbocycles. The molecule has 6 aromatic rings. The molecule has 1 fully saturated rings. The first kappa shape index (κ1) is 37.8. The van der Waals surface area contributed by atoms with Crippen molar-refractivity contribution in [1.82, 2.24) is 0 Å². The highest BCUT2D eigenvalue weighted by Crippen LogP contribution is 2.56. The number of nitrogens with zero attached hydrogens (tertiary/aromatic N) is 2. The minimum absolute atomic E-state index is 0.585. The predicted molar refractivity (Wildman–Crippen MR) is 229 cm³/mol. The fraction of sp³-hybridized carbons (Fsp3) is 0.417. The summed E-state index contributed by atoms with van der Waals surface area (Å²) in [6.45, 7) is 12.7. The molecule has 6 nitrogen and oxygen atoms in total. The molecular formula is C48H58N4O2-2. The van der Waals surface area contributed by atoms with Gasteiger partial charge in [-0.1, -0.05) is 126 Å². The number of hydrogen-bond donors (Lipinski definition) is 2. The van der Waals surface area contributed by atoms with Gasteiger partial charge in [0.2, 0.25) is 0 Å². The average molecular weight is 723 g/mol. The minimum atomic E-state index is -1.17. The number of rotatable bonds is 16. The summed E-state index contributed by atoms with van der Waals surface area (Å²) in [7, 11) is 0. The Morgan fingerprint density at radius 1 is 0.444 bits per heavy atom. The zero-order valence-electron chi connectivity index (χ0n) is 32.7. The molecule has 0 amide bonds. The third-order valence-electron chi connectivity index (χ3n) is 12.0.